The molecule has 0 aliphatic heterocycles. The molecule has 18 N–H and O–H groups in total. The van der Waals surface area contributed by atoms with Gasteiger partial charge in [0.05, 0.1) is 24.8 Å². The van der Waals surface area contributed by atoms with Gasteiger partial charge in [0.25, 0.3) is 0 Å². The molecule has 0 saturated carbocycles. The van der Waals surface area contributed by atoms with Crippen LogP contribution in [0.2, 0.25) is 0 Å². The zero-order valence-electron chi connectivity index (χ0n) is 14.8. The standard InChI is InChI=1S/C6H8O7.C4H6O6.Ca.6H2O/c7-3(8)1-6(13,5(11)12)2-4(9)10;5-1(3(7)8)2(6)4(9)10;;;;;;;/h13H,1-2H2,(H,7,8)(H,9,10)(H,11,12);1-2,5-6H,(H,7,8)(H,9,10);;6*1H2/q;;+2;;;;;;/p-2. The second-order valence-electron chi connectivity index (χ2n) is 4.01. The van der Waals surface area contributed by atoms with Gasteiger partial charge in [-0.1, -0.05) is 0 Å². The Morgan fingerprint density at radius 1 is 0.667 bits per heavy atom. The number of carbonyl (C=O) groups excluding carboxylic acids is 2. The third kappa shape index (κ3) is 24.3. The number of hydrogen-bond acceptors (Lipinski definition) is 10. The first-order valence-electron chi connectivity index (χ1n) is 5.41. The van der Waals surface area contributed by atoms with Gasteiger partial charge in [-0.25, -0.2) is 4.79 Å². The number of hydrogen-bond donors (Lipinski definition) is 6. The molecule has 0 fully saturated rings. The molecule has 30 heavy (non-hydrogen) atoms. The van der Waals surface area contributed by atoms with E-state index >= 15 is 0 Å². The maximum absolute atomic E-state index is 10.3. The van der Waals surface area contributed by atoms with Crippen LogP contribution in [0.4, 0.5) is 0 Å². The minimum absolute atomic E-state index is 0. The first kappa shape index (κ1) is 56.6. The summed E-state index contributed by atoms with van der Waals surface area (Å²) in [5.74, 6) is -9.14. The smallest absolute Gasteiger partial charge is 0.547 e. The first-order chi connectivity index (χ1) is 10.2. The molecule has 19 nitrogen and oxygen atoms in total. The molecule has 0 saturated heterocycles. The van der Waals surface area contributed by atoms with Crippen LogP contribution in [0.5, 0.6) is 0 Å². The Kier molecular flexibility index (Phi) is 47.7. The summed E-state index contributed by atoms with van der Waals surface area (Å²) in [6.45, 7) is 0. The number of rotatable bonds is 8. The third-order valence-corrected chi connectivity index (χ3v) is 2.07. The number of carboxylic acids is 5. The van der Waals surface area contributed by atoms with Crippen LogP contribution in [0.3, 0.4) is 0 Å². The van der Waals surface area contributed by atoms with E-state index in [1.807, 2.05) is 0 Å². The van der Waals surface area contributed by atoms with Gasteiger partial charge in [0.2, 0.25) is 0 Å². The number of aliphatic hydroxyl groups is 3. The van der Waals surface area contributed by atoms with Crippen LogP contribution < -0.4 is 10.2 Å². The molecular formula is C10H24CaO19. The molecule has 20 heteroatoms. The Hall–Kier alpha value is -1.75. The van der Waals surface area contributed by atoms with Crippen LogP contribution in [0, 0.1) is 0 Å². The van der Waals surface area contributed by atoms with Gasteiger partial charge in [-0.2, -0.15) is 0 Å². The predicted octanol–water partition coefficient (Wildman–Crippen LogP) is -11.4. The van der Waals surface area contributed by atoms with E-state index < -0.39 is 60.5 Å². The van der Waals surface area contributed by atoms with Crippen molar-refractivity contribution in [1.82, 2.24) is 0 Å². The summed E-state index contributed by atoms with van der Waals surface area (Å²) in [6, 6.07) is 0. The minimum atomic E-state index is -2.74. The van der Waals surface area contributed by atoms with Crippen LogP contribution in [-0.4, -0.2) is 149 Å². The Balaban J connectivity index is -0.0000000347. The van der Waals surface area contributed by atoms with E-state index in [4.69, 9.17) is 30.6 Å². The van der Waals surface area contributed by atoms with Gasteiger partial charge in [0.1, 0.15) is 12.2 Å². The van der Waals surface area contributed by atoms with E-state index in [0.29, 0.717) is 0 Å². The van der Waals surface area contributed by atoms with Gasteiger partial charge < -0.3 is 83.3 Å². The number of aliphatic carboxylic acids is 5. The van der Waals surface area contributed by atoms with Gasteiger partial charge >= 0.3 is 55.6 Å². The topological polar surface area (TPSA) is 442 Å². The summed E-state index contributed by atoms with van der Waals surface area (Å²) >= 11 is 0. The molecule has 0 radical (unpaired) electrons. The Morgan fingerprint density at radius 3 is 0.967 bits per heavy atom. The van der Waals surface area contributed by atoms with Crippen molar-refractivity contribution in [3.05, 3.63) is 0 Å². The SMILES string of the molecule is O.O.O.O.O.O.O=C(O)CC(O)(CC(=O)O)C(=O)O.O=C([O-])C(O)C(O)C(=O)[O-].[Ca+2]. The summed E-state index contributed by atoms with van der Waals surface area (Å²) < 4.78 is 0. The molecular weight excluding hydrogens is 464 g/mol. The monoisotopic (exact) mass is 488 g/mol. The average Bonchev–Trinajstić information content (AvgIpc) is 2.35. The molecule has 0 aromatic heterocycles. The molecule has 0 aliphatic rings. The fourth-order valence-corrected chi connectivity index (χ4v) is 0.972. The van der Waals surface area contributed by atoms with Crippen molar-refractivity contribution in [1.29, 1.82) is 0 Å². The Labute approximate surface area is 195 Å². The predicted molar refractivity (Wildman–Crippen MR) is 86.6 cm³/mol. The molecule has 0 aliphatic carbocycles. The van der Waals surface area contributed by atoms with Crippen LogP contribution >= 0.6 is 0 Å². The molecule has 0 aromatic carbocycles. The van der Waals surface area contributed by atoms with Crippen molar-refractivity contribution in [3.8, 4) is 0 Å². The molecule has 180 valence electrons. The maximum Gasteiger partial charge on any atom is 2.00 e. The van der Waals surface area contributed by atoms with Crippen LogP contribution in [-0.2, 0) is 24.0 Å². The second kappa shape index (κ2) is 25.3. The quantitative estimate of drug-likeness (QED) is 0.173. The zero-order chi connectivity index (χ0) is 19.0. The molecule has 0 rings (SSSR count). The summed E-state index contributed by atoms with van der Waals surface area (Å²) in [7, 11) is 0. The summed E-state index contributed by atoms with van der Waals surface area (Å²) in [5, 5.41) is 69.5. The van der Waals surface area contributed by atoms with Crippen molar-refractivity contribution >= 4 is 67.6 Å². The summed E-state index contributed by atoms with van der Waals surface area (Å²) in [5.41, 5.74) is -2.74. The molecule has 0 amide bonds. The summed E-state index contributed by atoms with van der Waals surface area (Å²) in [6.07, 6.45) is -7.17. The summed E-state index contributed by atoms with van der Waals surface area (Å²) in [4.78, 5) is 49.8. The Morgan fingerprint density at radius 2 is 0.867 bits per heavy atom. The van der Waals surface area contributed by atoms with Crippen molar-refractivity contribution < 1.29 is 97.7 Å². The van der Waals surface area contributed by atoms with E-state index in [1.54, 1.807) is 0 Å². The van der Waals surface area contributed by atoms with Gasteiger partial charge in [-0.05, 0) is 0 Å². The van der Waals surface area contributed by atoms with E-state index in [1.165, 1.54) is 0 Å². The normalized spacial score (nSPS) is 9.97. The Bertz CT molecular complexity index is 458. The fourth-order valence-electron chi connectivity index (χ4n) is 0.972. The fraction of sp³-hybridized carbons (Fsp3) is 0.500. The first-order valence-corrected chi connectivity index (χ1v) is 5.41. The number of carbonyl (C=O) groups is 5. The van der Waals surface area contributed by atoms with E-state index in [0.717, 1.165) is 0 Å². The average molecular weight is 488 g/mol. The molecule has 2 unspecified atom stereocenters. The van der Waals surface area contributed by atoms with Crippen molar-refractivity contribution in [2.75, 3.05) is 0 Å². The second-order valence-corrected chi connectivity index (χ2v) is 4.01. The van der Waals surface area contributed by atoms with Crippen LogP contribution in [0.25, 0.3) is 0 Å². The minimum Gasteiger partial charge on any atom is -0.547 e. The van der Waals surface area contributed by atoms with Gasteiger partial charge in [0, 0.05) is 0 Å². The van der Waals surface area contributed by atoms with Gasteiger partial charge in [-0.3, -0.25) is 9.59 Å². The van der Waals surface area contributed by atoms with E-state index in [-0.39, 0.29) is 70.6 Å². The molecule has 0 bridgehead atoms. The van der Waals surface area contributed by atoms with Gasteiger partial charge in [0.15, 0.2) is 5.60 Å². The maximum atomic E-state index is 10.3. The van der Waals surface area contributed by atoms with Crippen molar-refractivity contribution in [2.24, 2.45) is 0 Å². The molecule has 0 heterocycles. The van der Waals surface area contributed by atoms with Crippen LogP contribution in [0.15, 0.2) is 0 Å². The van der Waals surface area contributed by atoms with Crippen LogP contribution in [0.1, 0.15) is 12.8 Å². The van der Waals surface area contributed by atoms with E-state index in [2.05, 4.69) is 0 Å². The number of aliphatic hydroxyl groups excluding tert-OH is 2. The van der Waals surface area contributed by atoms with Gasteiger partial charge in [-0.15, -0.1) is 0 Å². The number of carboxylic acid groups (broad SMARTS) is 5. The molecule has 2 atom stereocenters. The zero-order valence-corrected chi connectivity index (χ0v) is 17.0. The van der Waals surface area contributed by atoms with Crippen molar-refractivity contribution in [2.45, 2.75) is 30.7 Å². The van der Waals surface area contributed by atoms with E-state index in [9.17, 15) is 34.2 Å². The third-order valence-electron chi connectivity index (χ3n) is 2.07. The molecule has 0 aromatic rings. The largest absolute Gasteiger partial charge is 2.00 e. The van der Waals surface area contributed by atoms with Crippen molar-refractivity contribution in [3.63, 3.8) is 0 Å². The molecule has 0 spiro atoms.